The van der Waals surface area contributed by atoms with Gasteiger partial charge < -0.3 is 10.4 Å². The predicted molar refractivity (Wildman–Crippen MR) is 95.2 cm³/mol. The molecule has 6 nitrogen and oxygen atoms in total. The van der Waals surface area contributed by atoms with Gasteiger partial charge in [0.15, 0.2) is 0 Å². The maximum atomic E-state index is 12.3. The molecule has 0 spiro atoms. The quantitative estimate of drug-likeness (QED) is 0.705. The number of hydrogen-bond acceptors (Lipinski definition) is 4. The third kappa shape index (κ3) is 4.18. The number of carbonyl (C=O) groups is 1. The molecule has 2 aromatic rings. The van der Waals surface area contributed by atoms with Crippen LogP contribution in [0, 0.1) is 0 Å². The SMILES string of the molecule is C[C@@H](Nc1ccc(S(=O)(=O)NC2CC2)cc1C(=O)O)c1ccccc1. The Morgan fingerprint density at radius 2 is 1.84 bits per heavy atom. The maximum absolute atomic E-state index is 12.3. The van der Waals surface area contributed by atoms with Crippen LogP contribution in [-0.2, 0) is 10.0 Å². The van der Waals surface area contributed by atoms with Crippen LogP contribution in [-0.4, -0.2) is 25.5 Å². The molecule has 0 heterocycles. The predicted octanol–water partition coefficient (Wildman–Crippen LogP) is 3.00. The van der Waals surface area contributed by atoms with Gasteiger partial charge in [-0.25, -0.2) is 17.9 Å². The normalized spacial score (nSPS) is 15.6. The summed E-state index contributed by atoms with van der Waals surface area (Å²) >= 11 is 0. The largest absolute Gasteiger partial charge is 0.478 e. The molecule has 3 N–H and O–H groups in total. The molecule has 1 saturated carbocycles. The van der Waals surface area contributed by atoms with Crippen molar-refractivity contribution >= 4 is 21.7 Å². The zero-order valence-corrected chi connectivity index (χ0v) is 14.6. The third-order valence-electron chi connectivity index (χ3n) is 4.10. The van der Waals surface area contributed by atoms with Gasteiger partial charge in [-0.3, -0.25) is 0 Å². The number of hydrogen-bond donors (Lipinski definition) is 3. The molecule has 132 valence electrons. The van der Waals surface area contributed by atoms with Crippen molar-refractivity contribution in [3.63, 3.8) is 0 Å². The first kappa shape index (κ1) is 17.4. The summed E-state index contributed by atoms with van der Waals surface area (Å²) in [5.74, 6) is -1.17. The lowest BCUT2D eigenvalue weighted by Gasteiger charge is -2.18. The molecule has 0 aliphatic heterocycles. The topological polar surface area (TPSA) is 95.5 Å². The van der Waals surface area contributed by atoms with Crippen molar-refractivity contribution in [2.24, 2.45) is 0 Å². The van der Waals surface area contributed by atoms with Crippen LogP contribution < -0.4 is 10.0 Å². The molecule has 7 heteroatoms. The van der Waals surface area contributed by atoms with Gasteiger partial charge in [-0.2, -0.15) is 0 Å². The number of rotatable bonds is 7. The lowest BCUT2D eigenvalue weighted by Crippen LogP contribution is -2.26. The number of anilines is 1. The van der Waals surface area contributed by atoms with Crippen molar-refractivity contribution in [1.82, 2.24) is 4.72 Å². The summed E-state index contributed by atoms with van der Waals surface area (Å²) in [7, 11) is -3.69. The van der Waals surface area contributed by atoms with E-state index in [0.717, 1.165) is 18.4 Å². The van der Waals surface area contributed by atoms with Crippen LogP contribution in [0.2, 0.25) is 0 Å². The first-order valence-corrected chi connectivity index (χ1v) is 9.56. The molecular weight excluding hydrogens is 340 g/mol. The second-order valence-corrected chi connectivity index (χ2v) is 7.90. The highest BCUT2D eigenvalue weighted by molar-refractivity contribution is 7.89. The van der Waals surface area contributed by atoms with Crippen molar-refractivity contribution in [3.05, 3.63) is 59.7 Å². The van der Waals surface area contributed by atoms with Gasteiger partial charge >= 0.3 is 5.97 Å². The molecule has 0 aromatic heterocycles. The molecule has 1 atom stereocenters. The van der Waals surface area contributed by atoms with E-state index in [1.54, 1.807) is 0 Å². The van der Waals surface area contributed by atoms with Crippen molar-refractivity contribution < 1.29 is 18.3 Å². The number of aromatic carboxylic acids is 1. The molecule has 25 heavy (non-hydrogen) atoms. The number of carboxylic acid groups (broad SMARTS) is 1. The summed E-state index contributed by atoms with van der Waals surface area (Å²) in [4.78, 5) is 11.6. The second-order valence-electron chi connectivity index (χ2n) is 6.18. The van der Waals surface area contributed by atoms with E-state index in [-0.39, 0.29) is 22.5 Å². The second kappa shape index (κ2) is 6.85. The van der Waals surface area contributed by atoms with Crippen LogP contribution >= 0.6 is 0 Å². The van der Waals surface area contributed by atoms with Crippen LogP contribution in [0.3, 0.4) is 0 Å². The fraction of sp³-hybridized carbons (Fsp3) is 0.278. The number of nitrogens with one attached hydrogen (secondary N) is 2. The van der Waals surface area contributed by atoms with Crippen LogP contribution in [0.25, 0.3) is 0 Å². The summed E-state index contributed by atoms with van der Waals surface area (Å²) in [6, 6.07) is 13.6. The fourth-order valence-corrected chi connectivity index (χ4v) is 3.87. The molecule has 1 fully saturated rings. The van der Waals surface area contributed by atoms with Crippen molar-refractivity contribution in [2.75, 3.05) is 5.32 Å². The van der Waals surface area contributed by atoms with E-state index in [2.05, 4.69) is 10.0 Å². The van der Waals surface area contributed by atoms with Crippen LogP contribution in [0.1, 0.15) is 41.7 Å². The molecule has 2 aromatic carbocycles. The molecule has 3 rings (SSSR count). The van der Waals surface area contributed by atoms with Crippen molar-refractivity contribution in [2.45, 2.75) is 36.7 Å². The Morgan fingerprint density at radius 3 is 2.44 bits per heavy atom. The van der Waals surface area contributed by atoms with Gasteiger partial charge in [-0.05, 0) is 43.5 Å². The molecule has 1 aliphatic rings. The van der Waals surface area contributed by atoms with E-state index in [4.69, 9.17) is 0 Å². The van der Waals surface area contributed by atoms with E-state index in [0.29, 0.717) is 5.69 Å². The summed E-state index contributed by atoms with van der Waals surface area (Å²) in [5, 5.41) is 12.6. The average Bonchev–Trinajstić information content (AvgIpc) is 3.39. The van der Waals surface area contributed by atoms with Crippen LogP contribution in [0.15, 0.2) is 53.4 Å². The Morgan fingerprint density at radius 1 is 1.16 bits per heavy atom. The summed E-state index contributed by atoms with van der Waals surface area (Å²) in [6.07, 6.45) is 1.64. The first-order chi connectivity index (χ1) is 11.9. The average molecular weight is 360 g/mol. The van der Waals surface area contributed by atoms with Gasteiger partial charge in [0.2, 0.25) is 10.0 Å². The monoisotopic (exact) mass is 360 g/mol. The van der Waals surface area contributed by atoms with Gasteiger partial charge in [-0.15, -0.1) is 0 Å². The van der Waals surface area contributed by atoms with Gasteiger partial charge in [0.05, 0.1) is 10.5 Å². The molecule has 0 amide bonds. The van der Waals surface area contributed by atoms with E-state index in [1.807, 2.05) is 37.3 Å². The fourth-order valence-electron chi connectivity index (χ4n) is 2.54. The van der Waals surface area contributed by atoms with Crippen molar-refractivity contribution in [1.29, 1.82) is 0 Å². The minimum absolute atomic E-state index is 0.0327. The number of carboxylic acids is 1. The first-order valence-electron chi connectivity index (χ1n) is 8.08. The minimum Gasteiger partial charge on any atom is -0.478 e. The lowest BCUT2D eigenvalue weighted by atomic mass is 10.1. The Labute approximate surface area is 146 Å². The van der Waals surface area contributed by atoms with Crippen LogP contribution in [0.4, 0.5) is 5.69 Å². The molecule has 0 saturated heterocycles. The van der Waals surface area contributed by atoms with E-state index in [9.17, 15) is 18.3 Å². The third-order valence-corrected chi connectivity index (χ3v) is 5.62. The number of benzene rings is 2. The Bertz CT molecular complexity index is 877. The molecule has 0 bridgehead atoms. The van der Waals surface area contributed by atoms with E-state index >= 15 is 0 Å². The Balaban J connectivity index is 1.88. The van der Waals surface area contributed by atoms with Crippen molar-refractivity contribution in [3.8, 4) is 0 Å². The zero-order valence-electron chi connectivity index (χ0n) is 13.8. The van der Waals surface area contributed by atoms with Crippen LogP contribution in [0.5, 0.6) is 0 Å². The highest BCUT2D eigenvalue weighted by Crippen LogP contribution is 2.27. The minimum atomic E-state index is -3.69. The maximum Gasteiger partial charge on any atom is 0.337 e. The molecule has 1 aliphatic carbocycles. The standard InChI is InChI=1S/C18H20N2O4S/c1-12(13-5-3-2-4-6-13)19-17-10-9-15(11-16(17)18(21)22)25(23,24)20-14-7-8-14/h2-6,9-12,14,19-20H,7-8H2,1H3,(H,21,22)/t12-/m1/s1. The molecule has 0 radical (unpaired) electrons. The Hall–Kier alpha value is -2.38. The van der Waals surface area contributed by atoms with Gasteiger partial charge in [-0.1, -0.05) is 30.3 Å². The lowest BCUT2D eigenvalue weighted by molar-refractivity contribution is 0.0697. The van der Waals surface area contributed by atoms with Gasteiger partial charge in [0.1, 0.15) is 0 Å². The summed E-state index contributed by atoms with van der Waals surface area (Å²) in [6.45, 7) is 1.92. The summed E-state index contributed by atoms with van der Waals surface area (Å²) < 4.78 is 27.1. The Kier molecular flexibility index (Phi) is 4.78. The molecular formula is C18H20N2O4S. The van der Waals surface area contributed by atoms with E-state index < -0.39 is 16.0 Å². The smallest absolute Gasteiger partial charge is 0.337 e. The van der Waals surface area contributed by atoms with E-state index in [1.165, 1.54) is 18.2 Å². The van der Waals surface area contributed by atoms with Gasteiger partial charge in [0.25, 0.3) is 0 Å². The summed E-state index contributed by atoms with van der Waals surface area (Å²) in [5.41, 5.74) is 1.32. The highest BCUT2D eigenvalue weighted by atomic mass is 32.2. The zero-order chi connectivity index (χ0) is 18.0. The molecule has 0 unspecified atom stereocenters. The highest BCUT2D eigenvalue weighted by Gasteiger charge is 2.28. The van der Waals surface area contributed by atoms with Gasteiger partial charge in [0, 0.05) is 17.8 Å². The number of sulfonamides is 1.